The van der Waals surface area contributed by atoms with E-state index in [9.17, 15) is 9.59 Å². The van der Waals surface area contributed by atoms with Crippen molar-refractivity contribution >= 4 is 17.5 Å². The van der Waals surface area contributed by atoms with Crippen molar-refractivity contribution in [3.8, 4) is 17.2 Å². The lowest BCUT2D eigenvalue weighted by Gasteiger charge is -2.09. The Bertz CT molecular complexity index is 935. The van der Waals surface area contributed by atoms with Gasteiger partial charge >= 0.3 is 0 Å². The molecule has 0 aliphatic heterocycles. The Kier molecular flexibility index (Phi) is 7.49. The maximum Gasteiger partial charge on any atom is 0.286 e. The van der Waals surface area contributed by atoms with Crippen LogP contribution in [0.4, 0.5) is 5.69 Å². The lowest BCUT2D eigenvalue weighted by atomic mass is 10.2. The maximum absolute atomic E-state index is 12.1. The zero-order valence-corrected chi connectivity index (χ0v) is 16.7. The predicted octanol–water partition coefficient (Wildman–Crippen LogP) is 4.62. The van der Waals surface area contributed by atoms with Gasteiger partial charge in [-0.1, -0.05) is 0 Å². The second-order valence-electron chi connectivity index (χ2n) is 6.42. The van der Waals surface area contributed by atoms with Gasteiger partial charge in [0.15, 0.2) is 5.76 Å². The van der Waals surface area contributed by atoms with Crippen molar-refractivity contribution in [2.45, 2.75) is 19.8 Å². The van der Waals surface area contributed by atoms with Gasteiger partial charge in [-0.3, -0.25) is 9.59 Å². The fourth-order valence-corrected chi connectivity index (χ4v) is 2.68. The number of hydrogen-bond acceptors (Lipinski definition) is 5. The Hall–Kier alpha value is -3.74. The second-order valence-corrected chi connectivity index (χ2v) is 6.42. The first-order valence-electron chi connectivity index (χ1n) is 9.76. The fraction of sp³-hybridized carbons (Fsp3) is 0.217. The van der Waals surface area contributed by atoms with E-state index >= 15 is 0 Å². The molecule has 156 valence electrons. The zero-order valence-electron chi connectivity index (χ0n) is 16.7. The van der Waals surface area contributed by atoms with Gasteiger partial charge in [-0.25, -0.2) is 0 Å². The minimum Gasteiger partial charge on any atom is -0.494 e. The number of amides is 2. The van der Waals surface area contributed by atoms with Gasteiger partial charge in [0, 0.05) is 18.7 Å². The van der Waals surface area contributed by atoms with Crippen molar-refractivity contribution in [3.63, 3.8) is 0 Å². The molecule has 3 aromatic rings. The lowest BCUT2D eigenvalue weighted by molar-refractivity contribution is -0.116. The van der Waals surface area contributed by atoms with E-state index in [1.165, 1.54) is 6.26 Å². The van der Waals surface area contributed by atoms with Gasteiger partial charge in [0.05, 0.1) is 12.9 Å². The third-order valence-corrected chi connectivity index (χ3v) is 4.12. The highest BCUT2D eigenvalue weighted by molar-refractivity contribution is 5.92. The number of furan rings is 1. The molecule has 0 saturated heterocycles. The van der Waals surface area contributed by atoms with Gasteiger partial charge in [0.1, 0.15) is 17.2 Å². The van der Waals surface area contributed by atoms with Gasteiger partial charge in [-0.2, -0.15) is 0 Å². The molecule has 0 unspecified atom stereocenters. The molecule has 0 aliphatic carbocycles. The van der Waals surface area contributed by atoms with Crippen molar-refractivity contribution in [1.82, 2.24) is 5.32 Å². The molecular formula is C23H24N2O5. The molecule has 2 aromatic carbocycles. The van der Waals surface area contributed by atoms with Crippen molar-refractivity contribution in [3.05, 3.63) is 72.7 Å². The molecule has 0 spiro atoms. The molecule has 0 bridgehead atoms. The average Bonchev–Trinajstić information content (AvgIpc) is 3.29. The predicted molar refractivity (Wildman–Crippen MR) is 113 cm³/mol. The molecule has 0 atom stereocenters. The number of carbonyl (C=O) groups is 2. The number of anilines is 1. The van der Waals surface area contributed by atoms with Crippen molar-refractivity contribution < 1.29 is 23.5 Å². The Morgan fingerprint density at radius 3 is 2.23 bits per heavy atom. The molecule has 1 aromatic heterocycles. The lowest BCUT2D eigenvalue weighted by Crippen LogP contribution is -2.25. The molecule has 2 N–H and O–H groups in total. The van der Waals surface area contributed by atoms with Crippen LogP contribution in [0.2, 0.25) is 0 Å². The zero-order chi connectivity index (χ0) is 21.2. The molecule has 2 amide bonds. The highest BCUT2D eigenvalue weighted by atomic mass is 16.5. The van der Waals surface area contributed by atoms with Crippen LogP contribution in [0.15, 0.2) is 71.3 Å². The van der Waals surface area contributed by atoms with E-state index in [0.29, 0.717) is 43.2 Å². The van der Waals surface area contributed by atoms with Crippen molar-refractivity contribution in [1.29, 1.82) is 0 Å². The van der Waals surface area contributed by atoms with Gasteiger partial charge in [-0.05, 0) is 74.0 Å². The van der Waals surface area contributed by atoms with Crippen molar-refractivity contribution in [2.24, 2.45) is 0 Å². The topological polar surface area (TPSA) is 89.8 Å². The first-order chi connectivity index (χ1) is 14.6. The molecule has 7 nitrogen and oxygen atoms in total. The Balaban J connectivity index is 1.39. The first kappa shape index (κ1) is 21.0. The van der Waals surface area contributed by atoms with Crippen LogP contribution in [-0.4, -0.2) is 25.0 Å². The average molecular weight is 408 g/mol. The van der Waals surface area contributed by atoms with Gasteiger partial charge in [0.2, 0.25) is 5.91 Å². The summed E-state index contributed by atoms with van der Waals surface area (Å²) >= 11 is 0. The van der Waals surface area contributed by atoms with E-state index in [0.717, 1.165) is 5.75 Å². The van der Waals surface area contributed by atoms with Crippen LogP contribution in [0.25, 0.3) is 0 Å². The van der Waals surface area contributed by atoms with Crippen LogP contribution in [0.1, 0.15) is 30.3 Å². The minimum atomic E-state index is -0.288. The van der Waals surface area contributed by atoms with E-state index in [1.54, 1.807) is 36.4 Å². The quantitative estimate of drug-likeness (QED) is 0.478. The molecule has 0 radical (unpaired) electrons. The van der Waals surface area contributed by atoms with Crippen LogP contribution in [-0.2, 0) is 4.79 Å². The van der Waals surface area contributed by atoms with E-state index < -0.39 is 0 Å². The Morgan fingerprint density at radius 1 is 0.933 bits per heavy atom. The van der Waals surface area contributed by atoms with E-state index in [2.05, 4.69) is 10.6 Å². The van der Waals surface area contributed by atoms with Crippen LogP contribution in [0.5, 0.6) is 17.2 Å². The Morgan fingerprint density at radius 2 is 1.60 bits per heavy atom. The third-order valence-electron chi connectivity index (χ3n) is 4.12. The fourth-order valence-electron chi connectivity index (χ4n) is 2.68. The van der Waals surface area contributed by atoms with E-state index in [4.69, 9.17) is 13.9 Å². The standard InChI is InChI=1S/C23H24N2O5/c1-2-28-18-11-13-20(14-12-18)30-19-9-7-17(8-10-19)25-22(26)6-3-15-24-23(27)21-5-4-16-29-21/h4-5,7-14,16H,2-3,6,15H2,1H3,(H,24,27)(H,25,26). The number of hydrogen-bond donors (Lipinski definition) is 2. The smallest absolute Gasteiger partial charge is 0.286 e. The number of rotatable bonds is 10. The number of benzene rings is 2. The van der Waals surface area contributed by atoms with Gasteiger partial charge in [0.25, 0.3) is 5.91 Å². The minimum absolute atomic E-state index is 0.123. The molecule has 30 heavy (non-hydrogen) atoms. The molecule has 0 saturated carbocycles. The van der Waals surface area contributed by atoms with Crippen LogP contribution >= 0.6 is 0 Å². The van der Waals surface area contributed by atoms with Crippen LogP contribution < -0.4 is 20.1 Å². The number of nitrogens with one attached hydrogen (secondary N) is 2. The molecule has 0 aliphatic rings. The third kappa shape index (κ3) is 6.41. The SMILES string of the molecule is CCOc1ccc(Oc2ccc(NC(=O)CCCNC(=O)c3ccco3)cc2)cc1. The normalized spacial score (nSPS) is 10.3. The maximum atomic E-state index is 12.1. The number of ether oxygens (including phenoxy) is 2. The summed E-state index contributed by atoms with van der Waals surface area (Å²) in [5, 5.41) is 5.54. The largest absolute Gasteiger partial charge is 0.494 e. The summed E-state index contributed by atoms with van der Waals surface area (Å²) in [6.07, 6.45) is 2.26. The summed E-state index contributed by atoms with van der Waals surface area (Å²) < 4.78 is 16.2. The first-order valence-corrected chi connectivity index (χ1v) is 9.76. The highest BCUT2D eigenvalue weighted by Gasteiger charge is 2.08. The monoisotopic (exact) mass is 408 g/mol. The second kappa shape index (κ2) is 10.7. The summed E-state index contributed by atoms with van der Waals surface area (Å²) in [5.74, 6) is 2.01. The Labute approximate surface area is 175 Å². The summed E-state index contributed by atoms with van der Waals surface area (Å²) in [5.41, 5.74) is 0.679. The van der Waals surface area contributed by atoms with Crippen LogP contribution in [0, 0.1) is 0 Å². The molecule has 7 heteroatoms. The summed E-state index contributed by atoms with van der Waals surface area (Å²) in [6.45, 7) is 2.94. The summed E-state index contributed by atoms with van der Waals surface area (Å²) in [7, 11) is 0. The van der Waals surface area contributed by atoms with E-state index in [1.807, 2.05) is 31.2 Å². The molecule has 1 heterocycles. The molecule has 3 rings (SSSR count). The van der Waals surface area contributed by atoms with Gasteiger partial charge in [-0.15, -0.1) is 0 Å². The summed E-state index contributed by atoms with van der Waals surface area (Å²) in [4.78, 5) is 23.8. The van der Waals surface area contributed by atoms with Gasteiger partial charge < -0.3 is 24.5 Å². The van der Waals surface area contributed by atoms with Crippen molar-refractivity contribution in [2.75, 3.05) is 18.5 Å². The van der Waals surface area contributed by atoms with E-state index in [-0.39, 0.29) is 17.6 Å². The number of carbonyl (C=O) groups excluding carboxylic acids is 2. The summed E-state index contributed by atoms with van der Waals surface area (Å²) in [6, 6.07) is 17.8. The van der Waals surface area contributed by atoms with Crippen LogP contribution in [0.3, 0.4) is 0 Å². The highest BCUT2D eigenvalue weighted by Crippen LogP contribution is 2.25. The molecular weight excluding hydrogens is 384 g/mol. The molecule has 0 fully saturated rings.